The van der Waals surface area contributed by atoms with E-state index in [4.69, 9.17) is 0 Å². The van der Waals surface area contributed by atoms with Gasteiger partial charge in [-0.3, -0.25) is 9.59 Å². The highest BCUT2D eigenvalue weighted by molar-refractivity contribution is 7.89. The molecule has 1 aliphatic heterocycles. The van der Waals surface area contributed by atoms with Gasteiger partial charge in [0.2, 0.25) is 10.0 Å². The second-order valence-corrected chi connectivity index (χ2v) is 10.9. The van der Waals surface area contributed by atoms with Crippen LogP contribution in [-0.2, 0) is 26.0 Å². The van der Waals surface area contributed by atoms with Crippen LogP contribution in [0.4, 0.5) is 5.69 Å². The molecule has 3 rings (SSSR count). The van der Waals surface area contributed by atoms with Gasteiger partial charge in [0, 0.05) is 24.8 Å². The Hall–Kier alpha value is -2.71. The number of piperidine rings is 1. The Morgan fingerprint density at radius 2 is 1.65 bits per heavy atom. The molecule has 1 saturated heterocycles. The first kappa shape index (κ1) is 25.9. The molecule has 2 aromatic carbocycles. The summed E-state index contributed by atoms with van der Waals surface area (Å²) in [6.45, 7) is 8.36. The first-order valence-corrected chi connectivity index (χ1v) is 13.3. The van der Waals surface area contributed by atoms with Gasteiger partial charge in [0.05, 0.1) is 4.90 Å². The molecule has 0 bridgehead atoms. The molecule has 7 nitrogen and oxygen atoms in total. The zero-order valence-electron chi connectivity index (χ0n) is 20.5. The third-order valence-corrected chi connectivity index (χ3v) is 8.59. The van der Waals surface area contributed by atoms with Crippen molar-refractivity contribution in [3.63, 3.8) is 0 Å². The van der Waals surface area contributed by atoms with Crippen LogP contribution in [0, 0.1) is 20.8 Å². The van der Waals surface area contributed by atoms with E-state index in [1.165, 1.54) is 0 Å². The fourth-order valence-corrected chi connectivity index (χ4v) is 6.85. The van der Waals surface area contributed by atoms with Crippen molar-refractivity contribution in [2.24, 2.45) is 0 Å². The number of aryl methyl sites for hydroxylation is 4. The molecule has 0 aliphatic carbocycles. The number of carbonyl (C=O) groups is 2. The fraction of sp³-hybridized carbons (Fsp3) is 0.462. The molecule has 2 aromatic rings. The Kier molecular flexibility index (Phi) is 8.49. The predicted molar refractivity (Wildman–Crippen MR) is 134 cm³/mol. The first-order chi connectivity index (χ1) is 16.1. The summed E-state index contributed by atoms with van der Waals surface area (Å²) in [6.07, 6.45) is 3.82. The quantitative estimate of drug-likeness (QED) is 0.582. The Morgan fingerprint density at radius 1 is 1.00 bits per heavy atom. The third-order valence-electron chi connectivity index (χ3n) is 6.33. The molecule has 2 N–H and O–H groups in total. The van der Waals surface area contributed by atoms with Crippen molar-refractivity contribution < 1.29 is 18.0 Å². The molecule has 184 valence electrons. The maximum Gasteiger partial charge on any atom is 0.313 e. The number of anilines is 1. The van der Waals surface area contributed by atoms with Gasteiger partial charge in [0.25, 0.3) is 0 Å². The van der Waals surface area contributed by atoms with Crippen LogP contribution in [0.15, 0.2) is 41.3 Å². The van der Waals surface area contributed by atoms with E-state index in [0.717, 1.165) is 47.9 Å². The third kappa shape index (κ3) is 6.04. The second kappa shape index (κ2) is 11.1. The minimum Gasteiger partial charge on any atom is -0.348 e. The fourth-order valence-electron chi connectivity index (χ4n) is 4.71. The summed E-state index contributed by atoms with van der Waals surface area (Å²) < 4.78 is 28.7. The maximum absolute atomic E-state index is 13.6. The summed E-state index contributed by atoms with van der Waals surface area (Å²) >= 11 is 0. The van der Waals surface area contributed by atoms with Crippen molar-refractivity contribution in [2.75, 3.05) is 18.4 Å². The number of nitrogens with one attached hydrogen (secondary N) is 2. The van der Waals surface area contributed by atoms with Gasteiger partial charge in [0.15, 0.2) is 0 Å². The molecule has 34 heavy (non-hydrogen) atoms. The summed E-state index contributed by atoms with van der Waals surface area (Å²) in [7, 11) is -3.66. The minimum atomic E-state index is -3.66. The van der Waals surface area contributed by atoms with Crippen LogP contribution in [0.25, 0.3) is 0 Å². The molecule has 1 aliphatic rings. The van der Waals surface area contributed by atoms with E-state index in [-0.39, 0.29) is 12.6 Å². The maximum atomic E-state index is 13.6. The highest BCUT2D eigenvalue weighted by atomic mass is 32.2. The predicted octanol–water partition coefficient (Wildman–Crippen LogP) is 3.86. The van der Waals surface area contributed by atoms with Crippen LogP contribution < -0.4 is 10.6 Å². The Bertz CT molecular complexity index is 1120. The number of benzene rings is 2. The zero-order chi connectivity index (χ0) is 24.9. The van der Waals surface area contributed by atoms with Crippen molar-refractivity contribution in [3.8, 4) is 0 Å². The highest BCUT2D eigenvalue weighted by Crippen LogP contribution is 2.31. The van der Waals surface area contributed by atoms with Gasteiger partial charge >= 0.3 is 11.8 Å². The van der Waals surface area contributed by atoms with Gasteiger partial charge in [-0.15, -0.1) is 0 Å². The monoisotopic (exact) mass is 485 g/mol. The van der Waals surface area contributed by atoms with Gasteiger partial charge in [-0.2, -0.15) is 4.31 Å². The lowest BCUT2D eigenvalue weighted by atomic mass is 10.0. The van der Waals surface area contributed by atoms with Crippen molar-refractivity contribution in [3.05, 3.63) is 58.7 Å². The van der Waals surface area contributed by atoms with Gasteiger partial charge in [-0.05, 0) is 75.3 Å². The molecule has 1 heterocycles. The van der Waals surface area contributed by atoms with E-state index in [1.54, 1.807) is 16.4 Å². The standard InChI is InChI=1S/C26H35N3O4S/c1-5-21-9-11-22(12-10-21)28-26(31)25(30)27-14-13-23-8-6-7-15-29(23)34(32,33)24-19(3)16-18(2)17-20(24)4/h9-12,16-17,23H,5-8,13-15H2,1-4H3,(H,27,30)(H,28,31)/t23-/m0/s1. The summed E-state index contributed by atoms with van der Waals surface area (Å²) in [5, 5.41) is 5.24. The van der Waals surface area contributed by atoms with Crippen molar-refractivity contribution in [2.45, 2.75) is 70.7 Å². The van der Waals surface area contributed by atoms with Crippen molar-refractivity contribution >= 4 is 27.5 Å². The molecule has 1 atom stereocenters. The lowest BCUT2D eigenvalue weighted by molar-refractivity contribution is -0.136. The summed E-state index contributed by atoms with van der Waals surface area (Å²) in [5.41, 5.74) is 4.24. The van der Waals surface area contributed by atoms with E-state index in [9.17, 15) is 18.0 Å². The largest absolute Gasteiger partial charge is 0.348 e. The molecule has 0 spiro atoms. The van der Waals surface area contributed by atoms with Crippen LogP contribution in [0.3, 0.4) is 0 Å². The summed E-state index contributed by atoms with van der Waals surface area (Å²) in [6, 6.07) is 10.9. The van der Waals surface area contributed by atoms with E-state index in [0.29, 0.717) is 23.5 Å². The van der Waals surface area contributed by atoms with Crippen LogP contribution in [-0.4, -0.2) is 43.7 Å². The molecule has 0 unspecified atom stereocenters. The highest BCUT2D eigenvalue weighted by Gasteiger charge is 2.35. The molecule has 8 heteroatoms. The average molecular weight is 486 g/mol. The molecular weight excluding hydrogens is 450 g/mol. The molecular formula is C26H35N3O4S. The second-order valence-electron chi connectivity index (χ2n) is 9.04. The molecule has 0 radical (unpaired) electrons. The van der Waals surface area contributed by atoms with E-state index < -0.39 is 21.8 Å². The van der Waals surface area contributed by atoms with Crippen molar-refractivity contribution in [1.29, 1.82) is 0 Å². The van der Waals surface area contributed by atoms with Gasteiger partial charge in [0.1, 0.15) is 0 Å². The molecule has 1 fully saturated rings. The summed E-state index contributed by atoms with van der Waals surface area (Å²) in [5.74, 6) is -1.46. The average Bonchev–Trinajstić information content (AvgIpc) is 2.78. The number of rotatable bonds is 7. The minimum absolute atomic E-state index is 0.219. The number of amides is 2. The number of hydrogen-bond donors (Lipinski definition) is 2. The van der Waals surface area contributed by atoms with Crippen LogP contribution in [0.1, 0.15) is 54.9 Å². The van der Waals surface area contributed by atoms with Crippen LogP contribution >= 0.6 is 0 Å². The van der Waals surface area contributed by atoms with Crippen LogP contribution in [0.5, 0.6) is 0 Å². The van der Waals surface area contributed by atoms with E-state index in [2.05, 4.69) is 10.6 Å². The van der Waals surface area contributed by atoms with E-state index >= 15 is 0 Å². The SMILES string of the molecule is CCc1ccc(NC(=O)C(=O)NCC[C@@H]2CCCCN2S(=O)(=O)c2c(C)cc(C)cc2C)cc1. The Labute approximate surface area is 203 Å². The molecule has 0 saturated carbocycles. The lowest BCUT2D eigenvalue weighted by Gasteiger charge is -2.35. The Morgan fingerprint density at radius 3 is 2.26 bits per heavy atom. The first-order valence-electron chi connectivity index (χ1n) is 11.9. The lowest BCUT2D eigenvalue weighted by Crippen LogP contribution is -2.46. The van der Waals surface area contributed by atoms with Gasteiger partial charge < -0.3 is 10.6 Å². The zero-order valence-corrected chi connectivity index (χ0v) is 21.3. The number of hydrogen-bond acceptors (Lipinski definition) is 4. The number of nitrogens with zero attached hydrogens (tertiary/aromatic N) is 1. The normalized spacial score (nSPS) is 16.8. The van der Waals surface area contributed by atoms with Gasteiger partial charge in [-0.1, -0.05) is 43.2 Å². The van der Waals surface area contributed by atoms with Crippen molar-refractivity contribution in [1.82, 2.24) is 9.62 Å². The summed E-state index contributed by atoms with van der Waals surface area (Å²) in [4.78, 5) is 24.9. The molecule has 0 aromatic heterocycles. The molecule has 2 amide bonds. The van der Waals surface area contributed by atoms with Crippen LogP contribution in [0.2, 0.25) is 0 Å². The van der Waals surface area contributed by atoms with Gasteiger partial charge in [-0.25, -0.2) is 8.42 Å². The van der Waals surface area contributed by atoms with E-state index in [1.807, 2.05) is 52.0 Å². The Balaban J connectivity index is 1.62. The smallest absolute Gasteiger partial charge is 0.313 e. The number of carbonyl (C=O) groups excluding carboxylic acids is 2. The topological polar surface area (TPSA) is 95.6 Å². The number of sulfonamides is 1.